The fraction of sp³-hybridized carbons (Fsp3) is 0.484. The first-order valence-electron chi connectivity index (χ1n) is 13.6. The fourth-order valence-corrected chi connectivity index (χ4v) is 5.43. The Morgan fingerprint density at radius 1 is 1.17 bits per heavy atom. The van der Waals surface area contributed by atoms with Crippen LogP contribution in [0.2, 0.25) is 0 Å². The van der Waals surface area contributed by atoms with Gasteiger partial charge in [-0.2, -0.15) is 5.10 Å². The predicted molar refractivity (Wildman–Crippen MR) is 146 cm³/mol. The Balaban J connectivity index is 1.49. The van der Waals surface area contributed by atoms with Crippen molar-refractivity contribution in [2.24, 2.45) is 11.8 Å². The van der Waals surface area contributed by atoms with E-state index in [1.165, 1.54) is 12.5 Å². The summed E-state index contributed by atoms with van der Waals surface area (Å²) in [6.45, 7) is 11.0. The van der Waals surface area contributed by atoms with Crippen LogP contribution < -0.4 is 0 Å². The first-order chi connectivity index (χ1) is 17.4. The molecule has 1 saturated heterocycles. The first kappa shape index (κ1) is 26.1. The minimum atomic E-state index is -0.211. The molecule has 4 rings (SSSR count). The third-order valence-electron chi connectivity index (χ3n) is 7.67. The largest absolute Gasteiger partial charge is 0.343 e. The van der Waals surface area contributed by atoms with Crippen molar-refractivity contribution in [3.63, 3.8) is 0 Å². The van der Waals surface area contributed by atoms with Crippen LogP contribution in [0.4, 0.5) is 4.39 Å². The zero-order valence-electron chi connectivity index (χ0n) is 22.3. The van der Waals surface area contributed by atoms with Crippen molar-refractivity contribution in [3.05, 3.63) is 71.2 Å². The van der Waals surface area contributed by atoms with E-state index in [0.717, 1.165) is 77.9 Å². The van der Waals surface area contributed by atoms with Crippen LogP contribution in [-0.4, -0.2) is 33.7 Å². The van der Waals surface area contributed by atoms with Crippen LogP contribution in [0.15, 0.2) is 48.7 Å². The predicted octanol–water partition coefficient (Wildman–Crippen LogP) is 7.39. The molecule has 1 unspecified atom stereocenters. The Morgan fingerprint density at radius 2 is 2.00 bits per heavy atom. The number of nitrogens with zero attached hydrogens (tertiary/aromatic N) is 3. The fourth-order valence-electron chi connectivity index (χ4n) is 5.43. The van der Waals surface area contributed by atoms with Gasteiger partial charge in [0.15, 0.2) is 0 Å². The average molecular weight is 490 g/mol. The summed E-state index contributed by atoms with van der Waals surface area (Å²) in [7, 11) is 0. The van der Waals surface area contributed by atoms with Gasteiger partial charge in [-0.1, -0.05) is 45.4 Å². The number of halogens is 1. The second-order valence-electron chi connectivity index (χ2n) is 10.6. The number of benzene rings is 2. The highest BCUT2D eigenvalue weighted by Gasteiger charge is 2.22. The Hall–Kier alpha value is -2.95. The number of fused-ring (bicyclic) bond motifs is 1. The summed E-state index contributed by atoms with van der Waals surface area (Å²) in [4.78, 5) is 15.0. The van der Waals surface area contributed by atoms with Crippen molar-refractivity contribution < 1.29 is 9.18 Å². The Morgan fingerprint density at radius 3 is 2.75 bits per heavy atom. The van der Waals surface area contributed by atoms with Crippen molar-refractivity contribution in [1.82, 2.24) is 14.7 Å². The molecular formula is C31H40FN3O. The summed E-state index contributed by atoms with van der Waals surface area (Å²) in [6.07, 6.45) is 10.0. The second kappa shape index (κ2) is 11.9. The molecule has 1 aliphatic rings. The standard InChI is InChI=1S/C31H40FN3O/c1-5-6-9-29(28-12-11-27(32)19-23(28)4)25-10-13-30-26(20-25)21-33-35(30)18-15-31(36)34-16-7-8-24(14-17-34)22(2)3/h9-13,19-22,24H,5-8,14-18H2,1-4H3. The van der Waals surface area contributed by atoms with Crippen molar-refractivity contribution in [2.45, 2.75) is 72.8 Å². The monoisotopic (exact) mass is 489 g/mol. The van der Waals surface area contributed by atoms with Gasteiger partial charge in [-0.15, -0.1) is 0 Å². The molecule has 36 heavy (non-hydrogen) atoms. The molecular weight excluding hydrogens is 449 g/mol. The molecule has 5 heteroatoms. The van der Waals surface area contributed by atoms with Crippen LogP contribution in [-0.2, 0) is 11.3 Å². The van der Waals surface area contributed by atoms with Gasteiger partial charge >= 0.3 is 0 Å². The van der Waals surface area contributed by atoms with Gasteiger partial charge in [-0.3, -0.25) is 9.48 Å². The molecule has 1 fully saturated rings. The maximum absolute atomic E-state index is 13.7. The van der Waals surface area contributed by atoms with Gasteiger partial charge in [0.05, 0.1) is 18.3 Å². The number of likely N-dealkylation sites (tertiary alicyclic amines) is 1. The van der Waals surface area contributed by atoms with Crippen LogP contribution in [0, 0.1) is 24.6 Å². The van der Waals surface area contributed by atoms with Crippen LogP contribution >= 0.6 is 0 Å². The van der Waals surface area contributed by atoms with Crippen molar-refractivity contribution in [2.75, 3.05) is 13.1 Å². The molecule has 0 saturated carbocycles. The average Bonchev–Trinajstić information content (AvgIpc) is 3.08. The highest BCUT2D eigenvalue weighted by Crippen LogP contribution is 2.30. The van der Waals surface area contributed by atoms with E-state index in [0.29, 0.717) is 18.9 Å². The zero-order chi connectivity index (χ0) is 25.7. The molecule has 0 bridgehead atoms. The minimum absolute atomic E-state index is 0.211. The van der Waals surface area contributed by atoms with E-state index in [9.17, 15) is 9.18 Å². The number of aromatic nitrogens is 2. The van der Waals surface area contributed by atoms with E-state index < -0.39 is 0 Å². The van der Waals surface area contributed by atoms with Crippen LogP contribution in [0.3, 0.4) is 0 Å². The SMILES string of the molecule is CCCC=C(c1ccc2c(cnn2CCC(=O)N2CCCC(C(C)C)CC2)c1)c1ccc(F)cc1C. The molecule has 1 atom stereocenters. The minimum Gasteiger partial charge on any atom is -0.343 e. The van der Waals surface area contributed by atoms with Gasteiger partial charge in [0.1, 0.15) is 5.82 Å². The Kier molecular flexibility index (Phi) is 8.60. The third kappa shape index (κ3) is 6.05. The van der Waals surface area contributed by atoms with E-state index >= 15 is 0 Å². The molecule has 192 valence electrons. The van der Waals surface area contributed by atoms with Crippen molar-refractivity contribution in [1.29, 1.82) is 0 Å². The molecule has 0 N–H and O–H groups in total. The number of carbonyl (C=O) groups is 1. The van der Waals surface area contributed by atoms with E-state index in [4.69, 9.17) is 0 Å². The quantitative estimate of drug-likeness (QED) is 0.331. The molecule has 1 aromatic heterocycles. The lowest BCUT2D eigenvalue weighted by Crippen LogP contribution is -2.32. The number of amides is 1. The number of hydrogen-bond donors (Lipinski definition) is 0. The summed E-state index contributed by atoms with van der Waals surface area (Å²) in [6, 6.07) is 11.4. The summed E-state index contributed by atoms with van der Waals surface area (Å²) in [5, 5.41) is 5.66. The van der Waals surface area contributed by atoms with Crippen LogP contribution in [0.25, 0.3) is 16.5 Å². The number of aryl methyl sites for hydroxylation is 2. The van der Waals surface area contributed by atoms with E-state index in [1.54, 1.807) is 6.07 Å². The summed E-state index contributed by atoms with van der Waals surface area (Å²) in [5.41, 5.74) is 5.25. The van der Waals surface area contributed by atoms with Crippen molar-refractivity contribution >= 4 is 22.4 Å². The topological polar surface area (TPSA) is 38.1 Å². The lowest BCUT2D eigenvalue weighted by atomic mass is 9.89. The van der Waals surface area contributed by atoms with Gasteiger partial charge in [0, 0.05) is 24.9 Å². The Bertz CT molecular complexity index is 1230. The number of carbonyl (C=O) groups excluding carboxylic acids is 1. The summed E-state index contributed by atoms with van der Waals surface area (Å²) < 4.78 is 15.7. The Labute approximate surface area is 215 Å². The van der Waals surface area contributed by atoms with E-state index in [1.807, 2.05) is 23.9 Å². The lowest BCUT2D eigenvalue weighted by Gasteiger charge is -2.21. The molecule has 2 heterocycles. The lowest BCUT2D eigenvalue weighted by molar-refractivity contribution is -0.131. The molecule has 3 aromatic rings. The molecule has 4 nitrogen and oxygen atoms in total. The maximum Gasteiger partial charge on any atom is 0.224 e. The van der Waals surface area contributed by atoms with E-state index in [2.05, 4.69) is 55.0 Å². The molecule has 1 amide bonds. The second-order valence-corrected chi connectivity index (χ2v) is 10.6. The number of rotatable bonds is 8. The van der Waals surface area contributed by atoms with Gasteiger partial charge in [-0.25, -0.2) is 4.39 Å². The number of unbranched alkanes of at least 4 members (excludes halogenated alkanes) is 1. The van der Waals surface area contributed by atoms with Gasteiger partial charge in [0.25, 0.3) is 0 Å². The smallest absolute Gasteiger partial charge is 0.224 e. The molecule has 1 aliphatic heterocycles. The summed E-state index contributed by atoms with van der Waals surface area (Å²) in [5.74, 6) is 1.43. The van der Waals surface area contributed by atoms with Crippen molar-refractivity contribution in [3.8, 4) is 0 Å². The molecule has 0 aliphatic carbocycles. The van der Waals surface area contributed by atoms with Crippen LogP contribution in [0.1, 0.15) is 76.0 Å². The van der Waals surface area contributed by atoms with Gasteiger partial charge in [0.2, 0.25) is 5.91 Å². The molecule has 0 radical (unpaired) electrons. The molecule has 2 aromatic carbocycles. The third-order valence-corrected chi connectivity index (χ3v) is 7.67. The van der Waals surface area contributed by atoms with Gasteiger partial charge < -0.3 is 4.90 Å². The zero-order valence-corrected chi connectivity index (χ0v) is 22.3. The van der Waals surface area contributed by atoms with Crippen LogP contribution in [0.5, 0.6) is 0 Å². The number of hydrogen-bond acceptors (Lipinski definition) is 2. The molecule has 0 spiro atoms. The highest BCUT2D eigenvalue weighted by molar-refractivity contribution is 5.88. The first-order valence-corrected chi connectivity index (χ1v) is 13.6. The normalized spacial score (nSPS) is 17.1. The van der Waals surface area contributed by atoms with Gasteiger partial charge in [-0.05, 0) is 91.0 Å². The highest BCUT2D eigenvalue weighted by atomic mass is 19.1. The maximum atomic E-state index is 13.7. The number of allylic oxidation sites excluding steroid dienone is 1. The van der Waals surface area contributed by atoms with E-state index in [-0.39, 0.29) is 11.7 Å². The summed E-state index contributed by atoms with van der Waals surface area (Å²) >= 11 is 0.